The molecule has 6 aromatic heterocycles. The Labute approximate surface area is 432 Å². The minimum Gasteiger partial charge on any atom is -0.489 e. The van der Waals surface area contributed by atoms with Crippen molar-refractivity contribution in [3.63, 3.8) is 0 Å². The van der Waals surface area contributed by atoms with Gasteiger partial charge in [-0.25, -0.2) is 24.6 Å². The number of halogens is 1. The normalized spacial score (nSPS) is 19.2. The molecule has 72 heavy (non-hydrogen) atoms. The molecule has 0 aliphatic carbocycles. The molecule has 8 aromatic rings. The van der Waals surface area contributed by atoms with E-state index in [4.69, 9.17) is 35.1 Å². The Hall–Kier alpha value is -5.55. The van der Waals surface area contributed by atoms with Crippen LogP contribution in [0.2, 0.25) is 30.8 Å². The number of aromatic amines is 1. The lowest BCUT2D eigenvalue weighted by Crippen LogP contribution is -2.41. The van der Waals surface area contributed by atoms with Gasteiger partial charge < -0.3 is 34.2 Å². The smallest absolute Gasteiger partial charge is 0.489 e. The van der Waals surface area contributed by atoms with Gasteiger partial charge in [-0.15, -0.1) is 22.7 Å². The maximum absolute atomic E-state index is 11.5. The van der Waals surface area contributed by atoms with Crippen LogP contribution in [0.1, 0.15) is 54.4 Å². The number of aromatic nitrogens is 8. The highest BCUT2D eigenvalue weighted by atomic mass is 35.5. The molecule has 0 spiro atoms. The van der Waals surface area contributed by atoms with Crippen LogP contribution < -0.4 is 25.6 Å². The number of H-pyrrole nitrogens is 1. The summed E-state index contributed by atoms with van der Waals surface area (Å²) >= 11 is 8.98. The van der Waals surface area contributed by atoms with Gasteiger partial charge in [0.2, 0.25) is 11.8 Å². The van der Waals surface area contributed by atoms with Gasteiger partial charge in [-0.1, -0.05) is 31.2 Å². The van der Waals surface area contributed by atoms with Gasteiger partial charge in [-0.2, -0.15) is 10.2 Å². The molecule has 3 fully saturated rings. The fraction of sp³-hybridized carbons (Fsp3) is 0.440. The van der Waals surface area contributed by atoms with Crippen LogP contribution in [0.3, 0.4) is 0 Å². The van der Waals surface area contributed by atoms with Crippen molar-refractivity contribution in [2.75, 3.05) is 19.7 Å². The van der Waals surface area contributed by atoms with E-state index in [1.807, 2.05) is 95.0 Å². The lowest BCUT2D eigenvalue weighted by atomic mass is 9.79. The van der Waals surface area contributed by atoms with E-state index in [9.17, 15) is 9.59 Å². The maximum Gasteiger partial charge on any atom is 0.495 e. The van der Waals surface area contributed by atoms with Crippen molar-refractivity contribution in [1.82, 2.24) is 50.5 Å². The lowest BCUT2D eigenvalue weighted by Gasteiger charge is -2.32. The Bertz CT molecular complexity index is 3210. The van der Waals surface area contributed by atoms with Crippen molar-refractivity contribution < 1.29 is 33.1 Å². The number of hydrogen-bond donors (Lipinski definition) is 3. The third-order valence-electron chi connectivity index (χ3n) is 13.6. The largest absolute Gasteiger partial charge is 0.495 e. The van der Waals surface area contributed by atoms with E-state index in [1.165, 1.54) is 0 Å². The topological polar surface area (TPSA) is 202 Å². The summed E-state index contributed by atoms with van der Waals surface area (Å²) in [7, 11) is -1.50. The number of ether oxygens (including phenoxy) is 3. The molecule has 3 N–H and O–H groups in total. The summed E-state index contributed by atoms with van der Waals surface area (Å²) in [6.45, 7) is 21.7. The first-order valence-corrected chi connectivity index (χ1v) is 30.0. The number of nitrogens with zero attached hydrogens (tertiary/aromatic N) is 7. The molecule has 9 heterocycles. The number of carbonyl (C=O) groups excluding carboxylic acids is 2. The van der Waals surface area contributed by atoms with Gasteiger partial charge >= 0.3 is 7.12 Å². The number of carbonyl (C=O) groups is 2. The number of amides is 2. The van der Waals surface area contributed by atoms with Crippen LogP contribution in [0.25, 0.3) is 53.8 Å². The molecule has 378 valence electrons. The zero-order chi connectivity index (χ0) is 51.0. The molecule has 0 saturated carbocycles. The Balaban J connectivity index is 0.000000137. The number of fused-ring (bicyclic) bond motifs is 4. The highest BCUT2D eigenvalue weighted by Crippen LogP contribution is 2.39. The Morgan fingerprint density at radius 2 is 1.43 bits per heavy atom. The zero-order valence-corrected chi connectivity index (χ0v) is 45.3. The van der Waals surface area contributed by atoms with Crippen molar-refractivity contribution >= 4 is 109 Å². The Morgan fingerprint density at radius 3 is 2.04 bits per heavy atom. The molecule has 3 aliphatic rings. The molecule has 0 bridgehead atoms. The second kappa shape index (κ2) is 21.1. The average Bonchev–Trinajstić information content (AvgIpc) is 4.20. The summed E-state index contributed by atoms with van der Waals surface area (Å²) < 4.78 is 34.4. The van der Waals surface area contributed by atoms with Gasteiger partial charge in [-0.3, -0.25) is 14.7 Å². The van der Waals surface area contributed by atoms with E-state index in [0.717, 1.165) is 83.4 Å². The van der Waals surface area contributed by atoms with Crippen LogP contribution in [0.4, 0.5) is 0 Å². The summed E-state index contributed by atoms with van der Waals surface area (Å²) in [5.74, 6) is 2.06. The minimum absolute atomic E-state index is 0.0763. The minimum atomic E-state index is -1.03. The second-order valence-corrected chi connectivity index (χ2v) is 28.4. The van der Waals surface area contributed by atoms with Crippen LogP contribution in [0.5, 0.6) is 11.5 Å². The van der Waals surface area contributed by atoms with Gasteiger partial charge in [-0.05, 0) is 102 Å². The third-order valence-corrected chi connectivity index (χ3v) is 17.2. The Kier molecular flexibility index (Phi) is 15.1. The van der Waals surface area contributed by atoms with Crippen LogP contribution in [-0.4, -0.2) is 110 Å². The molecule has 2 aromatic carbocycles. The predicted octanol–water partition coefficient (Wildman–Crippen LogP) is 9.03. The van der Waals surface area contributed by atoms with Crippen molar-refractivity contribution in [2.45, 2.75) is 110 Å². The molecular weight excluding hydrogens is 991 g/mol. The monoisotopic (exact) mass is 1050 g/mol. The van der Waals surface area contributed by atoms with Gasteiger partial charge in [0.05, 0.1) is 60.7 Å². The zero-order valence-electron chi connectivity index (χ0n) is 41.9. The molecule has 0 radical (unpaired) electrons. The standard InChI is InChI=1S/C19H25BN2O4S.C19H17N5O2S.C12H18ClN3OSi/c1-11(12-6-16(23)21-9-12)24-15-8-13(7-14-17(15)27-10-22-14)20-25-18(2,3)19(4,5)26-20;1-10(13-6-17(25)20-7-13)26-16-5-12(4-15-18(16)27-9-21-15)14-3-2-11-8-22-24-19(11)23-14;1-18(2,3)7-6-17-9-16-12-10(8-14-16)4-5-11(13)15-12/h7-8,10-12H,6,9H2,1-5H3,(H,21,23);2-5,8-10,13H,6-7H2,1H3,(H,20,25)(H,22,23,24);4-5,8H,6-7,9H2,1-3H3/t11-,12-;10-,13-;/m11./s1. The number of nitrogens with one attached hydrogen (secondary N) is 3. The maximum atomic E-state index is 11.5. The van der Waals surface area contributed by atoms with E-state index in [0.29, 0.717) is 37.8 Å². The molecule has 17 nitrogen and oxygen atoms in total. The van der Waals surface area contributed by atoms with E-state index >= 15 is 0 Å². The molecule has 3 aliphatic heterocycles. The van der Waals surface area contributed by atoms with Gasteiger partial charge in [0.1, 0.15) is 35.6 Å². The van der Waals surface area contributed by atoms with Crippen molar-refractivity contribution in [3.8, 4) is 22.8 Å². The van der Waals surface area contributed by atoms with Crippen LogP contribution >= 0.6 is 34.3 Å². The molecule has 22 heteroatoms. The fourth-order valence-electron chi connectivity index (χ4n) is 8.39. The van der Waals surface area contributed by atoms with E-state index in [2.05, 4.69) is 65.5 Å². The van der Waals surface area contributed by atoms with Crippen LogP contribution in [0, 0.1) is 11.8 Å². The predicted molar refractivity (Wildman–Crippen MR) is 287 cm³/mol. The van der Waals surface area contributed by atoms with Gasteiger partial charge in [0.25, 0.3) is 0 Å². The first-order valence-electron chi connectivity index (χ1n) is 24.1. The fourth-order valence-corrected chi connectivity index (χ4v) is 10.7. The van der Waals surface area contributed by atoms with E-state index in [1.54, 1.807) is 45.8 Å². The average molecular weight is 1050 g/mol. The SMILES string of the molecule is C[C@@H](Oc1cc(-c2ccc3cn[nH]c3n2)cc2ncsc12)[C@H]1CNC(=O)C1.C[C@@H](Oc1cc(B2OC(C)(C)C(C)(C)O2)cc2ncsc12)[C@H]1CNC(=O)C1.C[Si](C)(C)CCOCn1ncc2ccc(Cl)nc21. The number of rotatable bonds is 13. The summed E-state index contributed by atoms with van der Waals surface area (Å²) in [5.41, 5.74) is 8.77. The summed E-state index contributed by atoms with van der Waals surface area (Å²) in [6.07, 6.45) is 4.38. The number of thiazole rings is 2. The molecule has 3 saturated heterocycles. The highest BCUT2D eigenvalue weighted by Gasteiger charge is 2.52. The molecule has 2 amide bonds. The van der Waals surface area contributed by atoms with E-state index in [-0.39, 0.29) is 35.9 Å². The molecule has 4 atom stereocenters. The molecular formula is C50H60BClN10O7S2Si. The van der Waals surface area contributed by atoms with Crippen molar-refractivity contribution in [2.24, 2.45) is 11.8 Å². The van der Waals surface area contributed by atoms with Crippen LogP contribution in [-0.2, 0) is 30.4 Å². The highest BCUT2D eigenvalue weighted by molar-refractivity contribution is 7.17. The Morgan fingerprint density at radius 1 is 0.819 bits per heavy atom. The summed E-state index contributed by atoms with van der Waals surface area (Å²) in [6, 6.07) is 16.8. The van der Waals surface area contributed by atoms with Gasteiger partial charge in [0.15, 0.2) is 11.3 Å². The summed E-state index contributed by atoms with van der Waals surface area (Å²) in [5, 5.41) is 19.4. The van der Waals surface area contributed by atoms with Crippen molar-refractivity contribution in [1.29, 1.82) is 0 Å². The third kappa shape index (κ3) is 11.8. The molecule has 0 unspecified atom stereocenters. The van der Waals surface area contributed by atoms with Crippen LogP contribution in [0.15, 0.2) is 71.9 Å². The summed E-state index contributed by atoms with van der Waals surface area (Å²) in [4.78, 5) is 40.9. The first-order chi connectivity index (χ1) is 34.3. The van der Waals surface area contributed by atoms with E-state index < -0.39 is 26.4 Å². The number of hydrogen-bond acceptors (Lipinski definition) is 15. The first kappa shape index (κ1) is 51.4. The van der Waals surface area contributed by atoms with Crippen molar-refractivity contribution in [3.05, 3.63) is 77.1 Å². The molecule has 11 rings (SSSR count). The second-order valence-electron chi connectivity index (χ2n) is 20.7. The van der Waals surface area contributed by atoms with Gasteiger partial charge in [0, 0.05) is 68.8 Å². The number of pyridine rings is 2. The number of benzene rings is 2. The quantitative estimate of drug-likeness (QED) is 0.0561. The lowest BCUT2D eigenvalue weighted by molar-refractivity contribution is -0.120.